The number of Topliss-reactive ketones (excluding diaryl/α,β-unsaturated/α-hetero) is 1. The average Bonchev–Trinajstić information content (AvgIpc) is 2.58. The van der Waals surface area contributed by atoms with Gasteiger partial charge in [-0.25, -0.2) is 4.39 Å². The van der Waals surface area contributed by atoms with Crippen molar-refractivity contribution in [1.29, 1.82) is 0 Å². The van der Waals surface area contributed by atoms with E-state index < -0.39 is 12.1 Å². The van der Waals surface area contributed by atoms with Crippen molar-refractivity contribution >= 4 is 12.9 Å². The summed E-state index contributed by atoms with van der Waals surface area (Å²) in [7, 11) is -0.371. The van der Waals surface area contributed by atoms with Crippen LogP contribution >= 0.6 is 0 Å². The van der Waals surface area contributed by atoms with Crippen molar-refractivity contribution in [2.24, 2.45) is 5.41 Å². The summed E-state index contributed by atoms with van der Waals surface area (Å²) in [6.45, 7) is 8.94. The highest BCUT2D eigenvalue weighted by Crippen LogP contribution is 2.43. The first kappa shape index (κ1) is 15.7. The molecule has 0 N–H and O–H groups in total. The van der Waals surface area contributed by atoms with Crippen molar-refractivity contribution < 1.29 is 18.5 Å². The molecule has 1 fully saturated rings. The van der Waals surface area contributed by atoms with Crippen LogP contribution in [0.3, 0.4) is 0 Å². The van der Waals surface area contributed by atoms with E-state index in [-0.39, 0.29) is 24.1 Å². The number of carbonyl (C=O) groups excluding carboxylic acids is 1. The van der Waals surface area contributed by atoms with Crippen LogP contribution in [-0.4, -0.2) is 30.8 Å². The predicted octanol–water partition coefficient (Wildman–Crippen LogP) is 3.27. The first-order chi connectivity index (χ1) is 9.13. The molecule has 1 saturated heterocycles. The molecule has 0 bridgehead atoms. The summed E-state index contributed by atoms with van der Waals surface area (Å²) in [4.78, 5) is 11.7. The summed E-state index contributed by atoms with van der Waals surface area (Å²) in [5.41, 5.74) is -0.525. The molecule has 2 aliphatic rings. The van der Waals surface area contributed by atoms with Gasteiger partial charge in [-0.1, -0.05) is 6.08 Å². The summed E-state index contributed by atoms with van der Waals surface area (Å²) in [6, 6.07) is 0. The number of ketones is 1. The largest absolute Gasteiger partial charge is 0.490 e. The highest BCUT2D eigenvalue weighted by molar-refractivity contribution is 6.54. The molecule has 0 aromatic carbocycles. The third-order valence-electron chi connectivity index (χ3n) is 5.21. The second-order valence-electron chi connectivity index (χ2n) is 7.04. The van der Waals surface area contributed by atoms with Crippen LogP contribution in [0.2, 0.25) is 0 Å². The zero-order valence-electron chi connectivity index (χ0n) is 13.1. The summed E-state index contributed by atoms with van der Waals surface area (Å²) in [5.74, 6) is -0.0655. The van der Waals surface area contributed by atoms with Crippen molar-refractivity contribution in [1.82, 2.24) is 0 Å². The van der Waals surface area contributed by atoms with Gasteiger partial charge in [-0.2, -0.15) is 0 Å². The van der Waals surface area contributed by atoms with Gasteiger partial charge in [-0.15, -0.1) is 0 Å². The zero-order chi connectivity index (χ0) is 15.2. The molecule has 1 atom stereocenters. The number of rotatable bonds is 3. The average molecular weight is 282 g/mol. The molecule has 1 aliphatic heterocycles. The van der Waals surface area contributed by atoms with Gasteiger partial charge >= 0.3 is 7.12 Å². The summed E-state index contributed by atoms with van der Waals surface area (Å²) in [5, 5.41) is 0. The first-order valence-corrected chi connectivity index (χ1v) is 7.25. The molecule has 0 aromatic heterocycles. The Balaban J connectivity index is 2.13. The van der Waals surface area contributed by atoms with Crippen molar-refractivity contribution in [2.75, 3.05) is 6.67 Å². The van der Waals surface area contributed by atoms with E-state index in [9.17, 15) is 9.18 Å². The first-order valence-electron chi connectivity index (χ1n) is 7.25. The van der Waals surface area contributed by atoms with E-state index in [1.54, 1.807) is 0 Å². The van der Waals surface area contributed by atoms with E-state index in [1.807, 2.05) is 33.8 Å². The van der Waals surface area contributed by atoms with Crippen LogP contribution in [-0.2, 0) is 14.1 Å². The Bertz CT molecular complexity index is 428. The third kappa shape index (κ3) is 2.46. The molecular formula is C15H24BFO3. The van der Waals surface area contributed by atoms with Crippen molar-refractivity contribution in [3.8, 4) is 0 Å². The predicted molar refractivity (Wildman–Crippen MR) is 77.1 cm³/mol. The zero-order valence-corrected chi connectivity index (χ0v) is 13.1. The molecule has 0 aromatic rings. The second kappa shape index (κ2) is 4.95. The molecule has 0 amide bonds. The maximum absolute atomic E-state index is 13.2. The van der Waals surface area contributed by atoms with Gasteiger partial charge in [-0.05, 0) is 59.4 Å². The van der Waals surface area contributed by atoms with Gasteiger partial charge in [0.05, 0.1) is 16.6 Å². The summed E-state index contributed by atoms with van der Waals surface area (Å²) in [6.07, 6.45) is 3.57. The standard InChI is InChI=1S/C15H24BFO3/c1-11(18)15(10-17)8-6-12(7-9-15)16-19-13(2,3)14(4,5)20-16/h6H,7-10H2,1-5H3. The quantitative estimate of drug-likeness (QED) is 0.745. The molecule has 3 nitrogen and oxygen atoms in total. The van der Waals surface area contributed by atoms with Gasteiger partial charge in [0.15, 0.2) is 0 Å². The minimum atomic E-state index is -0.826. The van der Waals surface area contributed by atoms with Crippen LogP contribution in [0, 0.1) is 5.41 Å². The number of hydrogen-bond donors (Lipinski definition) is 0. The summed E-state index contributed by atoms with van der Waals surface area (Å²) < 4.78 is 25.2. The van der Waals surface area contributed by atoms with E-state index in [0.29, 0.717) is 19.3 Å². The number of hydrogen-bond acceptors (Lipinski definition) is 3. The second-order valence-corrected chi connectivity index (χ2v) is 7.04. The Morgan fingerprint density at radius 1 is 1.30 bits per heavy atom. The van der Waals surface area contributed by atoms with Gasteiger partial charge in [0.1, 0.15) is 12.5 Å². The van der Waals surface area contributed by atoms with Crippen molar-refractivity contribution in [2.45, 2.75) is 65.1 Å². The molecule has 0 saturated carbocycles. The fourth-order valence-corrected chi connectivity index (χ4v) is 2.66. The van der Waals surface area contributed by atoms with E-state index in [2.05, 4.69) is 0 Å². The van der Waals surface area contributed by atoms with Gasteiger partial charge < -0.3 is 9.31 Å². The van der Waals surface area contributed by atoms with Crippen LogP contribution < -0.4 is 0 Å². The van der Waals surface area contributed by atoms with Crippen LogP contribution in [0.1, 0.15) is 53.9 Å². The lowest BCUT2D eigenvalue weighted by atomic mass is 9.65. The lowest BCUT2D eigenvalue weighted by Gasteiger charge is -2.32. The van der Waals surface area contributed by atoms with Gasteiger partial charge in [-0.3, -0.25) is 4.79 Å². The molecular weight excluding hydrogens is 258 g/mol. The fourth-order valence-electron chi connectivity index (χ4n) is 2.66. The molecule has 5 heteroatoms. The fraction of sp³-hybridized carbons (Fsp3) is 0.800. The molecule has 0 spiro atoms. The molecule has 1 unspecified atom stereocenters. The van der Waals surface area contributed by atoms with E-state index in [4.69, 9.17) is 9.31 Å². The number of carbonyl (C=O) groups is 1. The summed E-state index contributed by atoms with van der Waals surface area (Å²) >= 11 is 0. The Morgan fingerprint density at radius 3 is 2.20 bits per heavy atom. The lowest BCUT2D eigenvalue weighted by Crippen LogP contribution is -2.41. The Morgan fingerprint density at radius 2 is 1.85 bits per heavy atom. The molecule has 2 rings (SSSR count). The highest BCUT2D eigenvalue weighted by Gasteiger charge is 2.53. The maximum Gasteiger partial charge on any atom is 0.490 e. The van der Waals surface area contributed by atoms with Crippen molar-refractivity contribution in [3.05, 3.63) is 11.5 Å². The maximum atomic E-state index is 13.2. The van der Waals surface area contributed by atoms with Gasteiger partial charge in [0, 0.05) is 0 Å². The molecule has 112 valence electrons. The van der Waals surface area contributed by atoms with Crippen LogP contribution in [0.25, 0.3) is 0 Å². The smallest absolute Gasteiger partial charge is 0.400 e. The molecule has 0 radical (unpaired) electrons. The minimum absolute atomic E-state index is 0.0655. The van der Waals surface area contributed by atoms with Gasteiger partial charge in [0.25, 0.3) is 0 Å². The third-order valence-corrected chi connectivity index (χ3v) is 5.21. The lowest BCUT2D eigenvalue weighted by molar-refractivity contribution is -0.128. The van der Waals surface area contributed by atoms with Crippen molar-refractivity contribution in [3.63, 3.8) is 0 Å². The van der Waals surface area contributed by atoms with E-state index >= 15 is 0 Å². The van der Waals surface area contributed by atoms with E-state index in [1.165, 1.54) is 6.92 Å². The molecule has 1 aliphatic carbocycles. The Labute approximate surface area is 121 Å². The number of halogens is 1. The van der Waals surface area contributed by atoms with E-state index in [0.717, 1.165) is 5.47 Å². The molecule has 20 heavy (non-hydrogen) atoms. The Hall–Kier alpha value is -0.675. The normalized spacial score (nSPS) is 32.1. The monoisotopic (exact) mass is 282 g/mol. The minimum Gasteiger partial charge on any atom is -0.400 e. The van der Waals surface area contributed by atoms with Crippen LogP contribution in [0.4, 0.5) is 4.39 Å². The van der Waals surface area contributed by atoms with Gasteiger partial charge in [0.2, 0.25) is 0 Å². The number of allylic oxidation sites excluding steroid dienone is 2. The topological polar surface area (TPSA) is 35.5 Å². The van der Waals surface area contributed by atoms with Crippen LogP contribution in [0.15, 0.2) is 11.5 Å². The Kier molecular flexibility index (Phi) is 3.89. The highest BCUT2D eigenvalue weighted by atomic mass is 19.1. The molecule has 1 heterocycles. The number of alkyl halides is 1. The SMILES string of the molecule is CC(=O)C1(CF)CC=C(B2OC(C)(C)C(C)(C)O2)CC1. The van der Waals surface area contributed by atoms with Crippen LogP contribution in [0.5, 0.6) is 0 Å².